The van der Waals surface area contributed by atoms with Crippen LogP contribution in [-0.4, -0.2) is 42.5 Å². The Kier molecular flexibility index (Phi) is 7.26. The summed E-state index contributed by atoms with van der Waals surface area (Å²) in [6.07, 6.45) is -1.47. The molecule has 2 saturated heterocycles. The minimum atomic E-state index is -4.41. The van der Waals surface area contributed by atoms with Gasteiger partial charge in [-0.15, -0.1) is 0 Å². The molecule has 2 aromatic carbocycles. The van der Waals surface area contributed by atoms with Crippen LogP contribution in [0.1, 0.15) is 43.2 Å². The normalized spacial score (nSPS) is 21.6. The van der Waals surface area contributed by atoms with Gasteiger partial charge >= 0.3 is 6.18 Å². The lowest BCUT2D eigenvalue weighted by atomic mass is 9.90. The van der Waals surface area contributed by atoms with E-state index in [9.17, 15) is 27.9 Å². The Balaban J connectivity index is 1.35. The number of amides is 1. The molecule has 0 saturated carbocycles. The third-order valence-corrected chi connectivity index (χ3v) is 6.63. The first-order valence-electron chi connectivity index (χ1n) is 11.7. The Hall–Kier alpha value is -2.87. The lowest BCUT2D eigenvalue weighted by molar-refractivity contribution is -0.137. The summed E-state index contributed by atoms with van der Waals surface area (Å²) in [4.78, 5) is 29.5. The fourth-order valence-corrected chi connectivity index (χ4v) is 4.81. The molecular weight excluding hydrogens is 445 g/mol. The van der Waals surface area contributed by atoms with Crippen molar-refractivity contribution in [2.75, 3.05) is 29.4 Å². The lowest BCUT2D eigenvalue weighted by Gasteiger charge is -2.34. The number of alkyl halides is 3. The molecule has 2 heterocycles. The minimum absolute atomic E-state index is 0.0122. The third-order valence-electron chi connectivity index (χ3n) is 6.63. The first kappa shape index (κ1) is 24.3. The van der Waals surface area contributed by atoms with Crippen molar-refractivity contribution < 1.29 is 27.9 Å². The topological polar surface area (TPSA) is 60.9 Å². The van der Waals surface area contributed by atoms with E-state index in [4.69, 9.17) is 0 Å². The number of Topliss-reactive ketones (excluding diaryl/α,β-unsaturated/α-hetero) is 1. The van der Waals surface area contributed by atoms with Gasteiger partial charge in [0.15, 0.2) is 0 Å². The number of halogens is 3. The molecule has 2 aliphatic heterocycles. The Bertz CT molecular complexity index is 1010. The van der Waals surface area contributed by atoms with Gasteiger partial charge in [0, 0.05) is 49.8 Å². The average molecular weight is 475 g/mol. The van der Waals surface area contributed by atoms with Crippen LogP contribution >= 0.6 is 0 Å². The van der Waals surface area contributed by atoms with Crippen molar-refractivity contribution in [1.82, 2.24) is 0 Å². The van der Waals surface area contributed by atoms with Crippen molar-refractivity contribution >= 4 is 23.1 Å². The van der Waals surface area contributed by atoms with Gasteiger partial charge in [-0.05, 0) is 67.6 Å². The van der Waals surface area contributed by atoms with Gasteiger partial charge in [-0.25, -0.2) is 0 Å². The zero-order valence-electron chi connectivity index (χ0n) is 18.9. The SMILES string of the molecule is O=C(Cc1ccc(C(F)(F)F)cc1)C[C@H]1CCCN(c2ccc(N3CCCC(O)C3)cc2)C1=O. The van der Waals surface area contributed by atoms with E-state index in [2.05, 4.69) is 4.90 Å². The van der Waals surface area contributed by atoms with Gasteiger partial charge in [0.05, 0.1) is 11.7 Å². The minimum Gasteiger partial charge on any atom is -0.391 e. The molecule has 0 aromatic heterocycles. The number of ketones is 1. The molecule has 4 rings (SSSR count). The summed E-state index contributed by atoms with van der Waals surface area (Å²) >= 11 is 0. The van der Waals surface area contributed by atoms with Gasteiger partial charge in [0.1, 0.15) is 5.78 Å². The molecule has 182 valence electrons. The fourth-order valence-electron chi connectivity index (χ4n) is 4.81. The number of carbonyl (C=O) groups is 2. The van der Waals surface area contributed by atoms with Crippen LogP contribution in [0.5, 0.6) is 0 Å². The predicted octanol–water partition coefficient (Wildman–Crippen LogP) is 4.61. The highest BCUT2D eigenvalue weighted by molar-refractivity contribution is 5.98. The van der Waals surface area contributed by atoms with Crippen LogP contribution in [0.15, 0.2) is 48.5 Å². The Morgan fingerprint density at radius 3 is 2.24 bits per heavy atom. The number of piperidine rings is 2. The van der Waals surface area contributed by atoms with Gasteiger partial charge in [-0.3, -0.25) is 9.59 Å². The number of β-amino-alcohol motifs (C(OH)–C–C–N with tert-alkyl or cyclic N) is 1. The van der Waals surface area contributed by atoms with Crippen LogP contribution in [0, 0.1) is 5.92 Å². The van der Waals surface area contributed by atoms with E-state index >= 15 is 0 Å². The molecule has 0 spiro atoms. The molecule has 1 unspecified atom stereocenters. The van der Waals surface area contributed by atoms with Crippen LogP contribution in [0.2, 0.25) is 0 Å². The second-order valence-corrected chi connectivity index (χ2v) is 9.20. The van der Waals surface area contributed by atoms with E-state index in [1.165, 1.54) is 12.1 Å². The van der Waals surface area contributed by atoms with E-state index in [0.29, 0.717) is 25.1 Å². The molecule has 1 amide bonds. The number of benzene rings is 2. The molecule has 2 aliphatic rings. The van der Waals surface area contributed by atoms with Gasteiger partial charge in [0.2, 0.25) is 5.91 Å². The highest BCUT2D eigenvalue weighted by Gasteiger charge is 2.32. The summed E-state index contributed by atoms with van der Waals surface area (Å²) in [6, 6.07) is 12.3. The molecule has 5 nitrogen and oxygen atoms in total. The van der Waals surface area contributed by atoms with Crippen LogP contribution in [0.4, 0.5) is 24.5 Å². The summed E-state index contributed by atoms with van der Waals surface area (Å²) in [5.74, 6) is -0.667. The van der Waals surface area contributed by atoms with Crippen molar-refractivity contribution in [1.29, 1.82) is 0 Å². The molecule has 0 bridgehead atoms. The first-order chi connectivity index (χ1) is 16.2. The van der Waals surface area contributed by atoms with Gasteiger partial charge in [-0.1, -0.05) is 12.1 Å². The quantitative estimate of drug-likeness (QED) is 0.664. The molecule has 1 N–H and O–H groups in total. The molecule has 8 heteroatoms. The first-order valence-corrected chi connectivity index (χ1v) is 11.7. The fraction of sp³-hybridized carbons (Fsp3) is 0.462. The standard InChI is InChI=1S/C26H29F3N2O3/c27-26(28,29)20-7-5-18(6-8-20)15-24(33)16-19-3-1-14-31(25(19)34)22-11-9-21(10-12-22)30-13-2-4-23(32)17-30/h5-12,19,23,32H,1-4,13-17H2/t19-,23?/m1/s1. The van der Waals surface area contributed by atoms with Gasteiger partial charge in [-0.2, -0.15) is 13.2 Å². The molecular formula is C26H29F3N2O3. The number of rotatable bonds is 6. The molecule has 0 radical (unpaired) electrons. The monoisotopic (exact) mass is 474 g/mol. The number of aliphatic hydroxyl groups is 1. The maximum atomic E-state index is 13.1. The maximum absolute atomic E-state index is 13.1. The van der Waals surface area contributed by atoms with Gasteiger partial charge in [0.25, 0.3) is 0 Å². The summed E-state index contributed by atoms with van der Waals surface area (Å²) < 4.78 is 38.2. The summed E-state index contributed by atoms with van der Waals surface area (Å²) in [5, 5.41) is 9.91. The van der Waals surface area contributed by atoms with Crippen molar-refractivity contribution in [3.8, 4) is 0 Å². The summed E-state index contributed by atoms with van der Waals surface area (Å²) in [5.41, 5.74) is 1.56. The molecule has 2 atom stereocenters. The second-order valence-electron chi connectivity index (χ2n) is 9.20. The highest BCUT2D eigenvalue weighted by atomic mass is 19.4. The van der Waals surface area contributed by atoms with Crippen molar-refractivity contribution in [3.05, 3.63) is 59.7 Å². The largest absolute Gasteiger partial charge is 0.416 e. The number of nitrogens with zero attached hydrogens (tertiary/aromatic N) is 2. The van der Waals surface area contributed by atoms with Crippen LogP contribution in [0.25, 0.3) is 0 Å². The highest BCUT2D eigenvalue weighted by Crippen LogP contribution is 2.31. The predicted molar refractivity (Wildman–Crippen MR) is 124 cm³/mol. The number of hydrogen-bond donors (Lipinski definition) is 1. The van der Waals surface area contributed by atoms with Crippen LogP contribution in [0.3, 0.4) is 0 Å². The van der Waals surface area contributed by atoms with E-state index < -0.39 is 17.7 Å². The van der Waals surface area contributed by atoms with Crippen LogP contribution < -0.4 is 9.80 Å². The zero-order valence-corrected chi connectivity index (χ0v) is 18.9. The average Bonchev–Trinajstić information content (AvgIpc) is 2.80. The van der Waals surface area contributed by atoms with Crippen LogP contribution in [-0.2, 0) is 22.2 Å². The van der Waals surface area contributed by atoms with Crippen molar-refractivity contribution in [3.63, 3.8) is 0 Å². The molecule has 0 aliphatic carbocycles. The van der Waals surface area contributed by atoms with E-state index in [1.807, 2.05) is 24.3 Å². The Morgan fingerprint density at radius 1 is 0.941 bits per heavy atom. The summed E-state index contributed by atoms with van der Waals surface area (Å²) in [6.45, 7) is 2.08. The van der Waals surface area contributed by atoms with E-state index in [1.54, 1.807) is 4.90 Å². The number of aliphatic hydroxyl groups excluding tert-OH is 1. The summed E-state index contributed by atoms with van der Waals surface area (Å²) in [7, 11) is 0. The number of anilines is 2. The molecule has 34 heavy (non-hydrogen) atoms. The van der Waals surface area contributed by atoms with Crippen molar-refractivity contribution in [2.24, 2.45) is 5.92 Å². The molecule has 2 fully saturated rings. The lowest BCUT2D eigenvalue weighted by Crippen LogP contribution is -2.42. The second kappa shape index (κ2) is 10.2. The smallest absolute Gasteiger partial charge is 0.391 e. The van der Waals surface area contributed by atoms with Gasteiger partial charge < -0.3 is 14.9 Å². The van der Waals surface area contributed by atoms with E-state index in [0.717, 1.165) is 49.3 Å². The Labute approximate surface area is 197 Å². The third kappa shape index (κ3) is 5.78. The number of hydrogen-bond acceptors (Lipinski definition) is 4. The maximum Gasteiger partial charge on any atom is 0.416 e. The zero-order chi connectivity index (χ0) is 24.3. The van der Waals surface area contributed by atoms with Crippen molar-refractivity contribution in [2.45, 2.75) is 50.8 Å². The van der Waals surface area contributed by atoms with E-state index in [-0.39, 0.29) is 30.6 Å². The number of carbonyl (C=O) groups excluding carboxylic acids is 2. The Morgan fingerprint density at radius 2 is 1.59 bits per heavy atom. The molecule has 2 aromatic rings.